The van der Waals surface area contributed by atoms with Gasteiger partial charge in [-0.05, 0) is 50.4 Å². The smallest absolute Gasteiger partial charge is 0.232 e. The van der Waals surface area contributed by atoms with E-state index in [1.165, 1.54) is 0 Å². The van der Waals surface area contributed by atoms with Crippen LogP contribution in [0, 0.1) is 0 Å². The highest BCUT2D eigenvalue weighted by atomic mass is 79.9. The van der Waals surface area contributed by atoms with Crippen LogP contribution >= 0.6 is 31.9 Å². The van der Waals surface area contributed by atoms with E-state index in [0.717, 1.165) is 8.95 Å². The zero-order valence-corrected chi connectivity index (χ0v) is 12.1. The molecule has 1 aromatic rings. The van der Waals surface area contributed by atoms with Crippen molar-refractivity contribution in [1.82, 2.24) is 0 Å². The second-order valence-corrected chi connectivity index (χ2v) is 6.57. The fraction of sp³-hybridized carbons (Fsp3) is 0.333. The first-order valence-electron chi connectivity index (χ1n) is 4.41. The van der Waals surface area contributed by atoms with Crippen LogP contribution in [0.4, 0.5) is 5.69 Å². The molecule has 0 fully saturated rings. The molecule has 0 aromatic heterocycles. The molecule has 0 unspecified atom stereocenters. The molecule has 0 radical (unpaired) electrons. The van der Waals surface area contributed by atoms with Gasteiger partial charge in [0.25, 0.3) is 0 Å². The van der Waals surface area contributed by atoms with Crippen molar-refractivity contribution < 1.29 is 8.42 Å². The summed E-state index contributed by atoms with van der Waals surface area (Å²) in [6, 6.07) is 5.40. The largest absolute Gasteiger partial charge is 0.281 e. The van der Waals surface area contributed by atoms with Gasteiger partial charge in [-0.3, -0.25) is 4.72 Å². The van der Waals surface area contributed by atoms with E-state index in [-0.39, 0.29) is 5.75 Å². The highest BCUT2D eigenvalue weighted by molar-refractivity contribution is 9.11. The van der Waals surface area contributed by atoms with Gasteiger partial charge in [0.05, 0.1) is 11.4 Å². The number of para-hydroxylation sites is 1. The van der Waals surface area contributed by atoms with Gasteiger partial charge in [-0.25, -0.2) is 8.42 Å². The third kappa shape index (κ3) is 3.77. The first-order valence-corrected chi connectivity index (χ1v) is 7.64. The van der Waals surface area contributed by atoms with Gasteiger partial charge in [0.2, 0.25) is 10.0 Å². The van der Waals surface area contributed by atoms with Crippen molar-refractivity contribution in [2.24, 2.45) is 0 Å². The highest BCUT2D eigenvalue weighted by Crippen LogP contribution is 2.31. The average molecular weight is 357 g/mol. The van der Waals surface area contributed by atoms with Crippen molar-refractivity contribution >= 4 is 47.6 Å². The molecule has 0 aliphatic rings. The SMILES string of the molecule is CCCS(=O)(=O)Nc1c(Br)cccc1Br. The van der Waals surface area contributed by atoms with Crippen LogP contribution in [0.1, 0.15) is 13.3 Å². The van der Waals surface area contributed by atoms with Crippen LogP contribution in [-0.2, 0) is 10.0 Å². The number of benzene rings is 1. The third-order valence-corrected chi connectivity index (χ3v) is 4.48. The average Bonchev–Trinajstić information content (AvgIpc) is 2.11. The Labute approximate surface area is 107 Å². The molecule has 3 nitrogen and oxygen atoms in total. The maximum absolute atomic E-state index is 11.6. The van der Waals surface area contributed by atoms with E-state index < -0.39 is 10.0 Å². The number of sulfonamides is 1. The minimum atomic E-state index is -3.24. The molecular weight excluding hydrogens is 346 g/mol. The number of hydrogen-bond acceptors (Lipinski definition) is 2. The topological polar surface area (TPSA) is 46.2 Å². The molecule has 0 amide bonds. The molecule has 6 heteroatoms. The second-order valence-electron chi connectivity index (χ2n) is 3.02. The fourth-order valence-electron chi connectivity index (χ4n) is 1.07. The number of rotatable bonds is 4. The van der Waals surface area contributed by atoms with Crippen molar-refractivity contribution in [2.75, 3.05) is 10.5 Å². The Balaban J connectivity index is 2.99. The Hall–Kier alpha value is -0.0700. The zero-order valence-electron chi connectivity index (χ0n) is 8.13. The summed E-state index contributed by atoms with van der Waals surface area (Å²) in [5.74, 6) is 0.126. The Morgan fingerprint density at radius 2 is 1.80 bits per heavy atom. The number of halogens is 2. The van der Waals surface area contributed by atoms with E-state index in [1.54, 1.807) is 12.1 Å². The van der Waals surface area contributed by atoms with Gasteiger partial charge in [-0.15, -0.1) is 0 Å². The second kappa shape index (κ2) is 5.32. The van der Waals surface area contributed by atoms with Gasteiger partial charge in [0.15, 0.2) is 0 Å². The van der Waals surface area contributed by atoms with E-state index in [0.29, 0.717) is 12.1 Å². The molecule has 0 atom stereocenters. The number of hydrogen-bond donors (Lipinski definition) is 1. The molecule has 84 valence electrons. The molecule has 15 heavy (non-hydrogen) atoms. The number of anilines is 1. The summed E-state index contributed by atoms with van der Waals surface area (Å²) < 4.78 is 27.1. The van der Waals surface area contributed by atoms with Crippen LogP contribution in [0.5, 0.6) is 0 Å². The maximum atomic E-state index is 11.6. The minimum Gasteiger partial charge on any atom is -0.281 e. The van der Waals surface area contributed by atoms with Crippen LogP contribution in [0.2, 0.25) is 0 Å². The summed E-state index contributed by atoms with van der Waals surface area (Å²) in [6.45, 7) is 1.83. The lowest BCUT2D eigenvalue weighted by atomic mass is 10.3. The first kappa shape index (κ1) is 13.0. The van der Waals surface area contributed by atoms with Crippen LogP contribution < -0.4 is 4.72 Å². The molecule has 0 aliphatic carbocycles. The van der Waals surface area contributed by atoms with Crippen molar-refractivity contribution in [2.45, 2.75) is 13.3 Å². The van der Waals surface area contributed by atoms with Crippen molar-refractivity contribution in [1.29, 1.82) is 0 Å². The monoisotopic (exact) mass is 355 g/mol. The Morgan fingerprint density at radius 1 is 1.27 bits per heavy atom. The van der Waals surface area contributed by atoms with E-state index in [9.17, 15) is 8.42 Å². The predicted molar refractivity (Wildman–Crippen MR) is 69.5 cm³/mol. The summed E-state index contributed by atoms with van der Waals surface area (Å²) in [5.41, 5.74) is 0.547. The lowest BCUT2D eigenvalue weighted by Gasteiger charge is -2.10. The normalized spacial score (nSPS) is 11.4. The van der Waals surface area contributed by atoms with Crippen LogP contribution in [0.15, 0.2) is 27.1 Å². The summed E-state index contributed by atoms with van der Waals surface area (Å²) in [6.07, 6.45) is 0.595. The Kier molecular flexibility index (Phi) is 4.61. The predicted octanol–water partition coefficient (Wildman–Crippen LogP) is 3.36. The lowest BCUT2D eigenvalue weighted by Crippen LogP contribution is -2.16. The Morgan fingerprint density at radius 3 is 2.27 bits per heavy atom. The number of nitrogens with one attached hydrogen (secondary N) is 1. The molecule has 0 saturated heterocycles. The van der Waals surface area contributed by atoms with Crippen molar-refractivity contribution in [3.05, 3.63) is 27.1 Å². The Bertz CT molecular complexity index is 425. The maximum Gasteiger partial charge on any atom is 0.232 e. The van der Waals surface area contributed by atoms with E-state index in [4.69, 9.17) is 0 Å². The van der Waals surface area contributed by atoms with E-state index >= 15 is 0 Å². The van der Waals surface area contributed by atoms with E-state index in [1.807, 2.05) is 13.0 Å². The van der Waals surface area contributed by atoms with Gasteiger partial charge in [0, 0.05) is 8.95 Å². The van der Waals surface area contributed by atoms with Crippen LogP contribution in [0.3, 0.4) is 0 Å². The van der Waals surface area contributed by atoms with Crippen molar-refractivity contribution in [3.63, 3.8) is 0 Å². The summed E-state index contributed by atoms with van der Waals surface area (Å²) in [5, 5.41) is 0. The van der Waals surface area contributed by atoms with Crippen LogP contribution in [0.25, 0.3) is 0 Å². The third-order valence-electron chi connectivity index (χ3n) is 1.69. The van der Waals surface area contributed by atoms with Gasteiger partial charge < -0.3 is 0 Å². The summed E-state index contributed by atoms with van der Waals surface area (Å²) in [4.78, 5) is 0. The van der Waals surface area contributed by atoms with Gasteiger partial charge in [-0.2, -0.15) is 0 Å². The molecular formula is C9H11Br2NO2S. The van der Waals surface area contributed by atoms with E-state index in [2.05, 4.69) is 36.6 Å². The molecule has 0 saturated carbocycles. The zero-order chi connectivity index (χ0) is 11.5. The lowest BCUT2D eigenvalue weighted by molar-refractivity contribution is 0.600. The fourth-order valence-corrected chi connectivity index (χ4v) is 3.70. The molecule has 0 spiro atoms. The first-order chi connectivity index (χ1) is 6.96. The minimum absolute atomic E-state index is 0.126. The molecule has 0 heterocycles. The molecule has 1 aromatic carbocycles. The van der Waals surface area contributed by atoms with Crippen molar-refractivity contribution in [3.8, 4) is 0 Å². The van der Waals surface area contributed by atoms with Crippen LogP contribution in [-0.4, -0.2) is 14.2 Å². The molecule has 1 N–H and O–H groups in total. The highest BCUT2D eigenvalue weighted by Gasteiger charge is 2.13. The molecule has 1 rings (SSSR count). The summed E-state index contributed by atoms with van der Waals surface area (Å²) in [7, 11) is -3.24. The van der Waals surface area contributed by atoms with Gasteiger partial charge in [-0.1, -0.05) is 13.0 Å². The molecule has 0 aliphatic heterocycles. The summed E-state index contributed by atoms with van der Waals surface area (Å²) >= 11 is 6.59. The van der Waals surface area contributed by atoms with Gasteiger partial charge in [0.1, 0.15) is 0 Å². The van der Waals surface area contributed by atoms with Gasteiger partial charge >= 0.3 is 0 Å². The standard InChI is InChI=1S/C9H11Br2NO2S/c1-2-6-15(13,14)12-9-7(10)4-3-5-8(9)11/h3-5,12H,2,6H2,1H3. The molecule has 0 bridgehead atoms. The quantitative estimate of drug-likeness (QED) is 0.898.